The zero-order chi connectivity index (χ0) is 32.1. The van der Waals surface area contributed by atoms with Crippen molar-refractivity contribution in [3.63, 3.8) is 0 Å². The number of anilines is 3. The third kappa shape index (κ3) is 7.32. The van der Waals surface area contributed by atoms with Crippen molar-refractivity contribution in [1.82, 2.24) is 15.3 Å². The summed E-state index contributed by atoms with van der Waals surface area (Å²) in [4.78, 5) is 37.5. The molecule has 2 N–H and O–H groups in total. The van der Waals surface area contributed by atoms with Gasteiger partial charge in [0.2, 0.25) is 11.7 Å². The van der Waals surface area contributed by atoms with Gasteiger partial charge in [-0.05, 0) is 54.9 Å². The number of alkyl halides is 3. The summed E-state index contributed by atoms with van der Waals surface area (Å²) in [6, 6.07) is 22.8. The summed E-state index contributed by atoms with van der Waals surface area (Å²) in [7, 11) is 0. The number of hydrogen-bond acceptors (Lipinski definition) is 7. The van der Waals surface area contributed by atoms with Crippen molar-refractivity contribution in [3.8, 4) is 0 Å². The fraction of sp³-hybridized carbons (Fsp3) is 0.353. The molecule has 0 unspecified atom stereocenters. The number of nitrogens with zero attached hydrogens (tertiary/aromatic N) is 4. The molecule has 2 aliphatic heterocycles. The van der Waals surface area contributed by atoms with E-state index in [0.717, 1.165) is 18.4 Å². The summed E-state index contributed by atoms with van der Waals surface area (Å²) in [5.41, 5.74) is 1.10. The molecule has 0 saturated carbocycles. The van der Waals surface area contributed by atoms with Crippen LogP contribution in [0.3, 0.4) is 0 Å². The first-order valence-corrected chi connectivity index (χ1v) is 15.5. The number of aromatic nitrogens is 2. The minimum Gasteiger partial charge on any atom is -0.417 e. The number of benzene rings is 2. The minimum atomic E-state index is -4.87. The number of carbonyl (C=O) groups is 2. The monoisotopic (exact) mass is 632 g/mol. The van der Waals surface area contributed by atoms with Crippen molar-refractivity contribution in [2.24, 2.45) is 5.92 Å². The molecule has 2 aromatic carbocycles. The first-order chi connectivity index (χ1) is 22.2. The minimum absolute atomic E-state index is 0.0278. The molecule has 2 fully saturated rings. The first-order valence-electron chi connectivity index (χ1n) is 15.5. The van der Waals surface area contributed by atoms with Gasteiger partial charge in [0.05, 0.1) is 11.9 Å². The summed E-state index contributed by atoms with van der Waals surface area (Å²) in [6.45, 7) is 2.65. The Bertz CT molecular complexity index is 1610. The van der Waals surface area contributed by atoms with Crippen molar-refractivity contribution in [3.05, 3.63) is 102 Å². The summed E-state index contributed by atoms with van der Waals surface area (Å²) in [5.74, 6) is -1.06. The molecule has 0 aliphatic carbocycles. The molecule has 2 saturated heterocycles. The summed E-state index contributed by atoms with van der Waals surface area (Å²) in [6.07, 6.45) is -0.690. The van der Waals surface area contributed by atoms with E-state index >= 15 is 0 Å². The van der Waals surface area contributed by atoms with Crippen LogP contribution in [0.5, 0.6) is 0 Å². The van der Waals surface area contributed by atoms with Gasteiger partial charge in [0.1, 0.15) is 5.82 Å². The predicted molar refractivity (Wildman–Crippen MR) is 168 cm³/mol. The molecule has 0 atom stereocenters. The van der Waals surface area contributed by atoms with Gasteiger partial charge in [0.25, 0.3) is 11.9 Å². The van der Waals surface area contributed by atoms with Gasteiger partial charge in [-0.1, -0.05) is 60.7 Å². The predicted octanol–water partition coefficient (Wildman–Crippen LogP) is 6.26. The summed E-state index contributed by atoms with van der Waals surface area (Å²) >= 11 is 0. The van der Waals surface area contributed by atoms with E-state index in [1.54, 1.807) is 17.0 Å². The van der Waals surface area contributed by atoms with Gasteiger partial charge < -0.3 is 24.9 Å². The molecule has 0 bridgehead atoms. The van der Waals surface area contributed by atoms with Gasteiger partial charge in [-0.2, -0.15) is 18.2 Å². The van der Waals surface area contributed by atoms with Gasteiger partial charge in [-0.25, -0.2) is 4.98 Å². The lowest BCUT2D eigenvalue weighted by Gasteiger charge is -2.32. The van der Waals surface area contributed by atoms with Crippen LogP contribution >= 0.6 is 0 Å². The number of pyridine rings is 1. The molecule has 4 heterocycles. The van der Waals surface area contributed by atoms with Gasteiger partial charge in [-0.3, -0.25) is 9.59 Å². The number of oxazole rings is 1. The number of piperidine rings is 2. The van der Waals surface area contributed by atoms with Crippen LogP contribution in [0.1, 0.15) is 59.0 Å². The van der Waals surface area contributed by atoms with E-state index in [1.165, 1.54) is 11.8 Å². The zero-order valence-electron chi connectivity index (χ0n) is 25.2. The second-order valence-corrected chi connectivity index (χ2v) is 11.7. The van der Waals surface area contributed by atoms with Crippen molar-refractivity contribution in [1.29, 1.82) is 0 Å². The molecule has 0 spiro atoms. The highest BCUT2D eigenvalue weighted by atomic mass is 19.4. The molecule has 2 amide bonds. The van der Waals surface area contributed by atoms with Crippen LogP contribution in [0, 0.1) is 5.92 Å². The standard InChI is InChI=1S/C34H35F3N6O3/c35-34(36,37)30-29(46-33(41-30)43-19-13-25(14-20-43)24-9-5-2-6-10-24)32(45)40-27-11-12-28(38-22-27)42-17-15-26(16-18-42)31(44)39-21-23-7-3-1-4-8-23/h1-12,22,25-26H,13-21H2,(H,39,44)(H,40,45). The largest absolute Gasteiger partial charge is 0.437 e. The summed E-state index contributed by atoms with van der Waals surface area (Å²) < 4.78 is 47.2. The van der Waals surface area contributed by atoms with Crippen LogP contribution < -0.4 is 20.4 Å². The maximum absolute atomic E-state index is 13.9. The van der Waals surface area contributed by atoms with Crippen LogP contribution in [0.25, 0.3) is 0 Å². The van der Waals surface area contributed by atoms with E-state index in [4.69, 9.17) is 4.42 Å². The Morgan fingerprint density at radius 1 is 0.848 bits per heavy atom. The van der Waals surface area contributed by atoms with Crippen molar-refractivity contribution in [2.75, 3.05) is 41.3 Å². The van der Waals surface area contributed by atoms with Crippen molar-refractivity contribution < 1.29 is 27.2 Å². The fourth-order valence-corrected chi connectivity index (χ4v) is 6.05. The number of hydrogen-bond donors (Lipinski definition) is 2. The maximum Gasteiger partial charge on any atom is 0.437 e. The molecule has 4 aromatic rings. The highest BCUT2D eigenvalue weighted by Crippen LogP contribution is 2.36. The molecule has 240 valence electrons. The smallest absolute Gasteiger partial charge is 0.417 e. The third-order valence-corrected chi connectivity index (χ3v) is 8.63. The van der Waals surface area contributed by atoms with Crippen LogP contribution in [0.2, 0.25) is 0 Å². The van der Waals surface area contributed by atoms with Gasteiger partial charge >= 0.3 is 6.18 Å². The second-order valence-electron chi connectivity index (χ2n) is 11.7. The first kappa shape index (κ1) is 31.1. The molecular weight excluding hydrogens is 597 g/mol. The molecule has 9 nitrogen and oxygen atoms in total. The number of halogens is 3. The van der Waals surface area contributed by atoms with E-state index in [-0.39, 0.29) is 23.5 Å². The van der Waals surface area contributed by atoms with E-state index in [2.05, 4.69) is 20.6 Å². The van der Waals surface area contributed by atoms with E-state index in [1.807, 2.05) is 65.6 Å². The topological polar surface area (TPSA) is 104 Å². The zero-order valence-corrected chi connectivity index (χ0v) is 25.2. The second kappa shape index (κ2) is 13.6. The van der Waals surface area contributed by atoms with Crippen molar-refractivity contribution >= 4 is 29.3 Å². The SMILES string of the molecule is O=C(Nc1ccc(N2CCC(C(=O)NCc3ccccc3)CC2)nc1)c1oc(N2CCC(c3ccccc3)CC2)nc1C(F)(F)F. The Morgan fingerprint density at radius 2 is 1.50 bits per heavy atom. The van der Waals surface area contributed by atoms with Crippen molar-refractivity contribution in [2.45, 2.75) is 44.3 Å². The number of carbonyl (C=O) groups excluding carboxylic acids is 2. The lowest BCUT2D eigenvalue weighted by Crippen LogP contribution is -2.40. The molecular formula is C34H35F3N6O3. The van der Waals surface area contributed by atoms with E-state index < -0.39 is 23.5 Å². The third-order valence-electron chi connectivity index (χ3n) is 8.63. The molecule has 6 rings (SSSR count). The Morgan fingerprint density at radius 3 is 2.13 bits per heavy atom. The number of nitrogens with one attached hydrogen (secondary N) is 2. The van der Waals surface area contributed by atoms with E-state index in [0.29, 0.717) is 57.3 Å². The quantitative estimate of drug-likeness (QED) is 0.237. The average molecular weight is 633 g/mol. The maximum atomic E-state index is 13.9. The van der Waals surface area contributed by atoms with Crippen LogP contribution in [0.4, 0.5) is 30.7 Å². The van der Waals surface area contributed by atoms with Gasteiger partial charge in [-0.15, -0.1) is 0 Å². The number of rotatable bonds is 8. The average Bonchev–Trinajstić information content (AvgIpc) is 3.56. The molecule has 2 aromatic heterocycles. The molecule has 12 heteroatoms. The van der Waals surface area contributed by atoms with Crippen LogP contribution in [0.15, 0.2) is 83.4 Å². The Kier molecular flexibility index (Phi) is 9.23. The Hall–Kier alpha value is -4.87. The van der Waals surface area contributed by atoms with Gasteiger partial charge in [0, 0.05) is 38.6 Å². The lowest BCUT2D eigenvalue weighted by molar-refractivity contribution is -0.141. The van der Waals surface area contributed by atoms with E-state index in [9.17, 15) is 22.8 Å². The summed E-state index contributed by atoms with van der Waals surface area (Å²) in [5, 5.41) is 5.48. The van der Waals surface area contributed by atoms with Gasteiger partial charge in [0.15, 0.2) is 5.69 Å². The molecule has 46 heavy (non-hydrogen) atoms. The van der Waals surface area contributed by atoms with Crippen LogP contribution in [-0.2, 0) is 17.5 Å². The normalized spacial score (nSPS) is 16.3. The fourth-order valence-electron chi connectivity index (χ4n) is 6.05. The Balaban J connectivity index is 1.04. The number of amides is 2. The highest BCUT2D eigenvalue weighted by molar-refractivity contribution is 6.03. The molecule has 0 radical (unpaired) electrons. The lowest BCUT2D eigenvalue weighted by atomic mass is 9.90. The Labute approximate surface area is 264 Å². The highest BCUT2D eigenvalue weighted by Gasteiger charge is 2.42. The molecule has 2 aliphatic rings. The van der Waals surface area contributed by atoms with Crippen LogP contribution in [-0.4, -0.2) is 48.0 Å².